The number of ether oxygens (including phenoxy) is 1. The van der Waals surface area contributed by atoms with E-state index in [1.165, 1.54) is 11.3 Å². The number of likely N-dealkylation sites (tertiary alicyclic amines) is 1. The molecule has 0 aliphatic carbocycles. The van der Waals surface area contributed by atoms with Crippen LogP contribution in [0.3, 0.4) is 0 Å². The topological polar surface area (TPSA) is 109 Å². The first-order valence-corrected chi connectivity index (χ1v) is 12.0. The number of aliphatic carboxylic acids is 1. The summed E-state index contributed by atoms with van der Waals surface area (Å²) in [5.41, 5.74) is 2.35. The third kappa shape index (κ3) is 7.53. The first-order valence-electron chi connectivity index (χ1n) is 11.2. The molecule has 1 aliphatic heterocycles. The number of piperidine rings is 1. The number of carboxylic acid groups (broad SMARTS) is 1. The van der Waals surface area contributed by atoms with Crippen molar-refractivity contribution in [2.24, 2.45) is 0 Å². The van der Waals surface area contributed by atoms with Crippen LogP contribution >= 0.6 is 11.3 Å². The maximum Gasteiger partial charge on any atom is 0.490 e. The quantitative estimate of drug-likeness (QED) is 0.472. The van der Waals surface area contributed by atoms with Gasteiger partial charge in [-0.25, -0.2) is 9.78 Å². The van der Waals surface area contributed by atoms with Gasteiger partial charge in [0.1, 0.15) is 11.8 Å². The van der Waals surface area contributed by atoms with Gasteiger partial charge in [-0.2, -0.15) is 13.2 Å². The second kappa shape index (κ2) is 12.3. The summed E-state index contributed by atoms with van der Waals surface area (Å²) in [6, 6.07) is 16.2. The van der Waals surface area contributed by atoms with Gasteiger partial charge in [0.15, 0.2) is 5.13 Å². The first kappa shape index (κ1) is 27.7. The first-order chi connectivity index (χ1) is 17.6. The molecule has 1 fully saturated rings. The molecule has 3 aromatic rings. The minimum atomic E-state index is -5.08. The fourth-order valence-corrected chi connectivity index (χ4v) is 4.33. The van der Waals surface area contributed by atoms with Gasteiger partial charge < -0.3 is 20.1 Å². The van der Waals surface area contributed by atoms with Crippen LogP contribution in [0.1, 0.15) is 29.6 Å². The minimum absolute atomic E-state index is 0.103. The van der Waals surface area contributed by atoms with Crippen LogP contribution in [0.2, 0.25) is 0 Å². The Morgan fingerprint density at radius 2 is 1.73 bits per heavy atom. The van der Waals surface area contributed by atoms with E-state index in [1.807, 2.05) is 47.8 Å². The van der Waals surface area contributed by atoms with Crippen molar-refractivity contribution in [3.8, 4) is 17.0 Å². The Hall–Kier alpha value is -3.93. The van der Waals surface area contributed by atoms with Crippen LogP contribution in [0.15, 0.2) is 60.0 Å². The summed E-state index contributed by atoms with van der Waals surface area (Å²) >= 11 is 1.37. The molecule has 0 spiro atoms. The maximum absolute atomic E-state index is 13.0. The fourth-order valence-electron chi connectivity index (χ4n) is 3.61. The van der Waals surface area contributed by atoms with Gasteiger partial charge in [0.2, 0.25) is 5.91 Å². The summed E-state index contributed by atoms with van der Waals surface area (Å²) in [5, 5.41) is 12.5. The largest absolute Gasteiger partial charge is 0.497 e. The number of hydrogen-bond acceptors (Lipinski definition) is 6. The number of halogens is 3. The third-order valence-electron chi connectivity index (χ3n) is 5.45. The van der Waals surface area contributed by atoms with Crippen LogP contribution in [0.25, 0.3) is 11.3 Å². The summed E-state index contributed by atoms with van der Waals surface area (Å²) in [6.45, 7) is 0.584. The van der Waals surface area contributed by atoms with Crippen molar-refractivity contribution in [3.05, 3.63) is 65.5 Å². The highest BCUT2D eigenvalue weighted by atomic mass is 32.1. The van der Waals surface area contributed by atoms with E-state index in [0.29, 0.717) is 23.7 Å². The predicted octanol–water partition coefficient (Wildman–Crippen LogP) is 5.09. The number of anilines is 1. The van der Waals surface area contributed by atoms with E-state index in [-0.39, 0.29) is 11.8 Å². The highest BCUT2D eigenvalue weighted by Gasteiger charge is 2.38. The zero-order valence-corrected chi connectivity index (χ0v) is 20.5. The summed E-state index contributed by atoms with van der Waals surface area (Å²) in [4.78, 5) is 41.0. The van der Waals surface area contributed by atoms with Gasteiger partial charge in [0.05, 0.1) is 12.8 Å². The normalized spacial score (nSPS) is 15.2. The van der Waals surface area contributed by atoms with Gasteiger partial charge in [0.25, 0.3) is 5.91 Å². The highest BCUT2D eigenvalue weighted by molar-refractivity contribution is 7.14. The van der Waals surface area contributed by atoms with Crippen molar-refractivity contribution in [3.63, 3.8) is 0 Å². The second-order valence-electron chi connectivity index (χ2n) is 7.93. The zero-order valence-electron chi connectivity index (χ0n) is 19.7. The van der Waals surface area contributed by atoms with Crippen molar-refractivity contribution in [2.75, 3.05) is 19.0 Å². The Kier molecular flexibility index (Phi) is 9.23. The van der Waals surface area contributed by atoms with Crippen molar-refractivity contribution < 1.29 is 37.4 Å². The number of carbonyl (C=O) groups is 3. The van der Waals surface area contributed by atoms with Crippen molar-refractivity contribution in [2.45, 2.75) is 31.5 Å². The molecule has 1 saturated heterocycles. The molecule has 2 amide bonds. The molecule has 0 radical (unpaired) electrons. The smallest absolute Gasteiger partial charge is 0.490 e. The third-order valence-corrected chi connectivity index (χ3v) is 6.21. The SMILES string of the molecule is COc1ccc(-c2csc(NC(=O)[C@H]3CCCCN3C(=O)c3ccccc3)n2)cc1.O=C(O)C(F)(F)F. The molecule has 1 atom stereocenters. The molecular weight excluding hydrogens is 511 g/mol. The van der Waals surface area contributed by atoms with E-state index in [1.54, 1.807) is 24.1 Å². The molecular formula is C25H24F3N3O5S. The van der Waals surface area contributed by atoms with E-state index in [0.717, 1.165) is 29.8 Å². The number of hydrogen-bond donors (Lipinski definition) is 2. The lowest BCUT2D eigenvalue weighted by Crippen LogP contribution is -2.50. The van der Waals surface area contributed by atoms with E-state index >= 15 is 0 Å². The van der Waals surface area contributed by atoms with E-state index in [4.69, 9.17) is 14.6 Å². The summed E-state index contributed by atoms with van der Waals surface area (Å²) in [7, 11) is 1.63. The molecule has 1 aliphatic rings. The molecule has 4 rings (SSSR count). The number of alkyl halides is 3. The number of nitrogens with one attached hydrogen (secondary N) is 1. The van der Waals surface area contributed by atoms with E-state index < -0.39 is 18.2 Å². The van der Waals surface area contributed by atoms with Gasteiger partial charge >= 0.3 is 12.1 Å². The van der Waals surface area contributed by atoms with Crippen LogP contribution in [0.5, 0.6) is 5.75 Å². The van der Waals surface area contributed by atoms with Crippen LogP contribution < -0.4 is 10.1 Å². The molecule has 1 aromatic heterocycles. The number of carboxylic acids is 1. The number of nitrogens with zero attached hydrogens (tertiary/aromatic N) is 2. The maximum atomic E-state index is 13.0. The fraction of sp³-hybridized carbons (Fsp3) is 0.280. The van der Waals surface area contributed by atoms with Gasteiger partial charge in [0, 0.05) is 23.1 Å². The molecule has 8 nitrogen and oxygen atoms in total. The van der Waals surface area contributed by atoms with Gasteiger partial charge in [-0.1, -0.05) is 18.2 Å². The number of amides is 2. The summed E-state index contributed by atoms with van der Waals surface area (Å²) in [6.07, 6.45) is -2.60. The van der Waals surface area contributed by atoms with Gasteiger partial charge in [-0.15, -0.1) is 11.3 Å². The summed E-state index contributed by atoms with van der Waals surface area (Å²) < 4.78 is 36.9. The lowest BCUT2D eigenvalue weighted by atomic mass is 10.00. The predicted molar refractivity (Wildman–Crippen MR) is 132 cm³/mol. The Labute approximate surface area is 214 Å². The molecule has 0 bridgehead atoms. The molecule has 0 unspecified atom stereocenters. The van der Waals surface area contributed by atoms with Gasteiger partial charge in [-0.3, -0.25) is 9.59 Å². The molecule has 37 heavy (non-hydrogen) atoms. The highest BCUT2D eigenvalue weighted by Crippen LogP contribution is 2.28. The van der Waals surface area contributed by atoms with E-state index in [2.05, 4.69) is 10.3 Å². The van der Waals surface area contributed by atoms with Crippen molar-refractivity contribution in [1.29, 1.82) is 0 Å². The number of rotatable bonds is 5. The van der Waals surface area contributed by atoms with Crippen LogP contribution in [0, 0.1) is 0 Å². The number of methoxy groups -OCH3 is 1. The van der Waals surface area contributed by atoms with Crippen LogP contribution in [-0.4, -0.2) is 58.6 Å². The lowest BCUT2D eigenvalue weighted by Gasteiger charge is -2.34. The second-order valence-corrected chi connectivity index (χ2v) is 8.79. The van der Waals surface area contributed by atoms with Gasteiger partial charge in [-0.05, 0) is 55.7 Å². The minimum Gasteiger partial charge on any atom is -0.497 e. The summed E-state index contributed by atoms with van der Waals surface area (Å²) in [5.74, 6) is -2.27. The number of thiazole rings is 1. The van der Waals surface area contributed by atoms with Crippen molar-refractivity contribution >= 4 is 34.3 Å². The monoisotopic (exact) mass is 535 g/mol. The average Bonchev–Trinajstić information content (AvgIpc) is 3.37. The molecule has 0 saturated carbocycles. The Morgan fingerprint density at radius 1 is 1.08 bits per heavy atom. The molecule has 2 N–H and O–H groups in total. The zero-order chi connectivity index (χ0) is 27.0. The molecule has 196 valence electrons. The van der Waals surface area contributed by atoms with E-state index in [9.17, 15) is 22.8 Å². The number of aromatic nitrogens is 1. The molecule has 2 aromatic carbocycles. The molecule has 2 heterocycles. The standard InChI is InChI=1S/C23H23N3O3S.C2HF3O2/c1-29-18-12-10-16(11-13-18)19-15-30-23(24-19)25-21(27)20-9-5-6-14-26(20)22(28)17-7-3-2-4-8-17;3-2(4,5)1(6)7/h2-4,7-8,10-13,15,20H,5-6,9,14H2,1H3,(H,24,25,27);(H,6,7)/t20-;/m1./s1. The lowest BCUT2D eigenvalue weighted by molar-refractivity contribution is -0.192. The Bertz CT molecular complexity index is 1220. The average molecular weight is 536 g/mol. The van der Waals surface area contributed by atoms with Crippen LogP contribution in [0.4, 0.5) is 18.3 Å². The van der Waals surface area contributed by atoms with Crippen molar-refractivity contribution in [1.82, 2.24) is 9.88 Å². The molecule has 12 heteroatoms. The Balaban J connectivity index is 0.000000479. The number of benzene rings is 2. The van der Waals surface area contributed by atoms with Crippen LogP contribution in [-0.2, 0) is 9.59 Å². The number of carbonyl (C=O) groups excluding carboxylic acids is 2. The Morgan fingerprint density at radius 3 is 2.32 bits per heavy atom.